The Kier molecular flexibility index (Phi) is 5.17. The molecule has 0 bridgehead atoms. The summed E-state index contributed by atoms with van der Waals surface area (Å²) in [6.45, 7) is 6.67. The lowest BCUT2D eigenvalue weighted by atomic mass is 10.4. The fourth-order valence-corrected chi connectivity index (χ4v) is 2.18. The summed E-state index contributed by atoms with van der Waals surface area (Å²) in [4.78, 5) is 11.1. The van der Waals surface area contributed by atoms with Gasteiger partial charge in [0.25, 0.3) is 0 Å². The van der Waals surface area contributed by atoms with Crippen molar-refractivity contribution in [2.45, 2.75) is 26.7 Å². The molecule has 0 fully saturated rings. The zero-order valence-corrected chi connectivity index (χ0v) is 12.2. The zero-order valence-electron chi connectivity index (χ0n) is 12.2. The largest absolute Gasteiger partial charge is 0.395 e. The lowest BCUT2D eigenvalue weighted by Crippen LogP contribution is -2.29. The topological polar surface area (TPSA) is 65.7 Å². The van der Waals surface area contributed by atoms with Crippen molar-refractivity contribution in [2.24, 2.45) is 0 Å². The Morgan fingerprint density at radius 3 is 2.85 bits per heavy atom. The maximum absolute atomic E-state index is 9.25. The molecule has 0 atom stereocenters. The highest BCUT2D eigenvalue weighted by atomic mass is 16.3. The second-order valence-corrected chi connectivity index (χ2v) is 4.75. The van der Waals surface area contributed by atoms with Crippen LogP contribution in [0.15, 0.2) is 18.6 Å². The van der Waals surface area contributed by atoms with Crippen LogP contribution in [-0.2, 0) is 0 Å². The standard InChI is InChI=1S/C14H23N5O/c1-3-5-15-12-11-19-8-6-16-13(19)14(17-12)18(7-4-2)9-10-20/h6,8,11,15,20H,3-5,7,9-10H2,1-2H3. The number of nitrogens with zero attached hydrogens (tertiary/aromatic N) is 4. The number of rotatable bonds is 8. The van der Waals surface area contributed by atoms with E-state index in [9.17, 15) is 5.11 Å². The van der Waals surface area contributed by atoms with Crippen molar-refractivity contribution in [3.63, 3.8) is 0 Å². The maximum Gasteiger partial charge on any atom is 0.180 e. The first-order chi connectivity index (χ1) is 9.80. The number of hydrogen-bond donors (Lipinski definition) is 2. The van der Waals surface area contributed by atoms with Crippen LogP contribution in [0.5, 0.6) is 0 Å². The quantitative estimate of drug-likeness (QED) is 0.769. The molecule has 0 unspecified atom stereocenters. The first kappa shape index (κ1) is 14.6. The van der Waals surface area contributed by atoms with Gasteiger partial charge >= 0.3 is 0 Å². The van der Waals surface area contributed by atoms with Crippen LogP contribution in [0.4, 0.5) is 11.6 Å². The minimum Gasteiger partial charge on any atom is -0.395 e. The van der Waals surface area contributed by atoms with E-state index in [1.807, 2.05) is 16.8 Å². The number of aromatic nitrogens is 3. The molecule has 0 radical (unpaired) electrons. The molecular formula is C14H23N5O. The number of anilines is 2. The van der Waals surface area contributed by atoms with Gasteiger partial charge in [-0.2, -0.15) is 0 Å². The Morgan fingerprint density at radius 2 is 2.15 bits per heavy atom. The third kappa shape index (κ3) is 3.19. The van der Waals surface area contributed by atoms with Crippen LogP contribution >= 0.6 is 0 Å². The van der Waals surface area contributed by atoms with Crippen molar-refractivity contribution in [2.75, 3.05) is 36.5 Å². The molecule has 2 N–H and O–H groups in total. The van der Waals surface area contributed by atoms with E-state index >= 15 is 0 Å². The monoisotopic (exact) mass is 277 g/mol. The highest BCUT2D eigenvalue weighted by Gasteiger charge is 2.14. The van der Waals surface area contributed by atoms with Crippen LogP contribution in [0, 0.1) is 0 Å². The summed E-state index contributed by atoms with van der Waals surface area (Å²) in [5.41, 5.74) is 0.828. The Morgan fingerprint density at radius 1 is 1.30 bits per heavy atom. The molecular weight excluding hydrogens is 254 g/mol. The molecule has 0 spiro atoms. The van der Waals surface area contributed by atoms with Crippen molar-refractivity contribution in [3.05, 3.63) is 18.6 Å². The lowest BCUT2D eigenvalue weighted by Gasteiger charge is -2.23. The van der Waals surface area contributed by atoms with E-state index < -0.39 is 0 Å². The van der Waals surface area contributed by atoms with Gasteiger partial charge in [0.05, 0.1) is 12.8 Å². The molecule has 0 aliphatic rings. The SMILES string of the molecule is CCCNc1cn2ccnc2c(N(CCC)CCO)n1. The molecule has 0 aromatic carbocycles. The first-order valence-electron chi connectivity index (χ1n) is 7.23. The molecule has 0 aliphatic heterocycles. The van der Waals surface area contributed by atoms with Gasteiger partial charge in [-0.05, 0) is 12.8 Å². The van der Waals surface area contributed by atoms with E-state index in [4.69, 9.17) is 0 Å². The summed E-state index contributed by atoms with van der Waals surface area (Å²) in [5.74, 6) is 1.67. The van der Waals surface area contributed by atoms with E-state index in [0.29, 0.717) is 6.54 Å². The van der Waals surface area contributed by atoms with Gasteiger partial charge in [-0.1, -0.05) is 13.8 Å². The van der Waals surface area contributed by atoms with Crippen molar-refractivity contribution in [3.8, 4) is 0 Å². The summed E-state index contributed by atoms with van der Waals surface area (Å²) >= 11 is 0. The second-order valence-electron chi connectivity index (χ2n) is 4.75. The Hall–Kier alpha value is -1.82. The molecule has 20 heavy (non-hydrogen) atoms. The van der Waals surface area contributed by atoms with Gasteiger partial charge in [0.1, 0.15) is 5.82 Å². The van der Waals surface area contributed by atoms with Crippen LogP contribution < -0.4 is 10.2 Å². The highest BCUT2D eigenvalue weighted by molar-refractivity contribution is 5.66. The lowest BCUT2D eigenvalue weighted by molar-refractivity contribution is 0.301. The average Bonchev–Trinajstić information content (AvgIpc) is 2.92. The summed E-state index contributed by atoms with van der Waals surface area (Å²) in [7, 11) is 0. The molecule has 0 saturated carbocycles. The fraction of sp³-hybridized carbons (Fsp3) is 0.571. The van der Waals surface area contributed by atoms with Gasteiger partial charge < -0.3 is 19.7 Å². The Labute approximate surface area is 119 Å². The number of aliphatic hydroxyl groups is 1. The van der Waals surface area contributed by atoms with Gasteiger partial charge in [0.15, 0.2) is 11.5 Å². The zero-order chi connectivity index (χ0) is 14.4. The molecule has 6 heteroatoms. The number of imidazole rings is 1. The summed E-state index contributed by atoms with van der Waals surface area (Å²) < 4.78 is 1.97. The van der Waals surface area contributed by atoms with Gasteiger partial charge in [0.2, 0.25) is 0 Å². The second kappa shape index (κ2) is 7.09. The van der Waals surface area contributed by atoms with E-state index in [1.165, 1.54) is 0 Å². The fourth-order valence-electron chi connectivity index (χ4n) is 2.18. The molecule has 2 heterocycles. The average molecular weight is 277 g/mol. The van der Waals surface area contributed by atoms with Crippen LogP contribution in [-0.4, -0.2) is 45.7 Å². The van der Waals surface area contributed by atoms with Gasteiger partial charge in [0, 0.05) is 32.0 Å². The first-order valence-corrected chi connectivity index (χ1v) is 7.23. The third-order valence-electron chi connectivity index (χ3n) is 3.08. The molecule has 2 rings (SSSR count). The summed E-state index contributed by atoms with van der Waals surface area (Å²) in [6, 6.07) is 0. The number of nitrogens with one attached hydrogen (secondary N) is 1. The number of aliphatic hydroxyl groups excluding tert-OH is 1. The van der Waals surface area contributed by atoms with E-state index in [1.54, 1.807) is 6.20 Å². The van der Waals surface area contributed by atoms with Gasteiger partial charge in [-0.3, -0.25) is 0 Å². The molecule has 110 valence electrons. The van der Waals surface area contributed by atoms with Crippen LogP contribution in [0.1, 0.15) is 26.7 Å². The molecule has 6 nitrogen and oxygen atoms in total. The number of fused-ring (bicyclic) bond motifs is 1. The van der Waals surface area contributed by atoms with Crippen LogP contribution in [0.25, 0.3) is 5.65 Å². The summed E-state index contributed by atoms with van der Waals surface area (Å²) in [6.07, 6.45) is 7.69. The molecule has 2 aromatic heterocycles. The predicted molar refractivity (Wildman–Crippen MR) is 81.4 cm³/mol. The van der Waals surface area contributed by atoms with Crippen molar-refractivity contribution in [1.29, 1.82) is 0 Å². The smallest absolute Gasteiger partial charge is 0.180 e. The minimum absolute atomic E-state index is 0.112. The summed E-state index contributed by atoms with van der Waals surface area (Å²) in [5, 5.41) is 12.6. The van der Waals surface area contributed by atoms with Crippen LogP contribution in [0.2, 0.25) is 0 Å². The van der Waals surface area contributed by atoms with Gasteiger partial charge in [-0.15, -0.1) is 0 Å². The van der Waals surface area contributed by atoms with Crippen molar-refractivity contribution >= 4 is 17.3 Å². The minimum atomic E-state index is 0.112. The maximum atomic E-state index is 9.25. The molecule has 0 aliphatic carbocycles. The van der Waals surface area contributed by atoms with E-state index in [2.05, 4.69) is 34.0 Å². The Bertz CT molecular complexity index is 533. The molecule has 0 amide bonds. The van der Waals surface area contributed by atoms with E-state index in [0.717, 1.165) is 43.2 Å². The van der Waals surface area contributed by atoms with E-state index in [-0.39, 0.29) is 6.61 Å². The normalized spacial score (nSPS) is 10.9. The highest BCUT2D eigenvalue weighted by Crippen LogP contribution is 2.20. The van der Waals surface area contributed by atoms with Crippen LogP contribution in [0.3, 0.4) is 0 Å². The van der Waals surface area contributed by atoms with Gasteiger partial charge in [-0.25, -0.2) is 9.97 Å². The molecule has 2 aromatic rings. The van der Waals surface area contributed by atoms with Crippen molar-refractivity contribution in [1.82, 2.24) is 14.4 Å². The Balaban J connectivity index is 2.39. The van der Waals surface area contributed by atoms with Crippen molar-refractivity contribution < 1.29 is 5.11 Å². The third-order valence-corrected chi connectivity index (χ3v) is 3.08. The molecule has 0 saturated heterocycles. The predicted octanol–water partition coefficient (Wildman–Crippen LogP) is 1.76. The number of hydrogen-bond acceptors (Lipinski definition) is 5.